The minimum Gasteiger partial charge on any atom is -0.464 e. The molecule has 12 heteroatoms. The van der Waals surface area contributed by atoms with E-state index in [9.17, 15) is 28.1 Å². The molecule has 3 aromatic carbocycles. The number of esters is 2. The highest BCUT2D eigenvalue weighted by Gasteiger charge is 2.79. The van der Waals surface area contributed by atoms with Gasteiger partial charge >= 0.3 is 11.9 Å². The average Bonchev–Trinajstić information content (AvgIpc) is 3.51. The zero-order valence-corrected chi connectivity index (χ0v) is 24.1. The molecule has 5 rings (SSSR count). The van der Waals surface area contributed by atoms with Crippen LogP contribution in [0.2, 0.25) is 0 Å². The standard InChI is InChI=1S/C30H30N2O9S/c1-4-39-27(33)30(28(34)40-5-2)29(25-9-7-6-8-22(25)19-41-29)18-26(21-12-14-23(15-13-21)32(35)36)31(30)42(37,38)24-16-10-20(3)11-17-24/h6-17,26H,4-5,18-19H2,1-3H3/t26-,29-/m0/s1. The second-order valence-electron chi connectivity index (χ2n) is 10.1. The minimum absolute atomic E-state index is 0.00212. The number of ether oxygens (including phenoxy) is 3. The molecule has 1 spiro atoms. The molecule has 11 nitrogen and oxygen atoms in total. The van der Waals surface area contributed by atoms with Crippen LogP contribution in [0, 0.1) is 17.0 Å². The van der Waals surface area contributed by atoms with E-state index < -0.39 is 44.1 Å². The maximum atomic E-state index is 14.7. The topological polar surface area (TPSA) is 142 Å². The number of hydrogen-bond donors (Lipinski definition) is 0. The molecule has 0 radical (unpaired) electrons. The molecule has 0 aromatic heterocycles. The molecule has 1 saturated heterocycles. The van der Waals surface area contributed by atoms with Gasteiger partial charge in [0.15, 0.2) is 0 Å². The summed E-state index contributed by atoms with van der Waals surface area (Å²) >= 11 is 0. The normalized spacial score (nSPS) is 21.2. The van der Waals surface area contributed by atoms with Gasteiger partial charge in [-0.3, -0.25) is 10.1 Å². The summed E-state index contributed by atoms with van der Waals surface area (Å²) in [5.74, 6) is -2.28. The summed E-state index contributed by atoms with van der Waals surface area (Å²) in [6.45, 7) is 4.59. The molecular weight excluding hydrogens is 564 g/mol. The minimum atomic E-state index is -4.66. The number of nitro groups is 1. The number of aryl methyl sites for hydroxylation is 1. The number of sulfonamides is 1. The van der Waals surface area contributed by atoms with Gasteiger partial charge in [0.25, 0.3) is 11.2 Å². The van der Waals surface area contributed by atoms with E-state index >= 15 is 0 Å². The number of carbonyl (C=O) groups is 2. The number of rotatable bonds is 8. The zero-order chi connectivity index (χ0) is 30.3. The molecule has 1 fully saturated rings. The summed E-state index contributed by atoms with van der Waals surface area (Å²) in [6, 6.07) is 17.1. The number of nitrogens with zero attached hydrogens (tertiary/aromatic N) is 2. The molecule has 3 aromatic rings. The van der Waals surface area contributed by atoms with Gasteiger partial charge in [0.1, 0.15) is 5.60 Å². The first-order chi connectivity index (χ1) is 20.0. The van der Waals surface area contributed by atoms with E-state index in [-0.39, 0.29) is 36.8 Å². The molecule has 0 N–H and O–H groups in total. The highest BCUT2D eigenvalue weighted by Crippen LogP contribution is 2.62. The molecule has 0 bridgehead atoms. The molecule has 42 heavy (non-hydrogen) atoms. The van der Waals surface area contributed by atoms with Crippen molar-refractivity contribution in [3.8, 4) is 0 Å². The van der Waals surface area contributed by atoms with Crippen molar-refractivity contribution < 1.29 is 37.1 Å². The number of carbonyl (C=O) groups excluding carboxylic acids is 2. The molecule has 2 atom stereocenters. The Kier molecular flexibility index (Phi) is 7.64. The van der Waals surface area contributed by atoms with Gasteiger partial charge in [-0.2, -0.15) is 4.31 Å². The fraction of sp³-hybridized carbons (Fsp3) is 0.333. The number of hydrogen-bond acceptors (Lipinski definition) is 9. The molecule has 2 heterocycles. The third-order valence-corrected chi connectivity index (χ3v) is 9.73. The average molecular weight is 595 g/mol. The van der Waals surface area contributed by atoms with Gasteiger partial charge in [-0.05, 0) is 49.6 Å². The van der Waals surface area contributed by atoms with Gasteiger partial charge in [0, 0.05) is 18.6 Å². The Bertz CT molecular complexity index is 1620. The van der Waals surface area contributed by atoms with Crippen LogP contribution in [0.3, 0.4) is 0 Å². The van der Waals surface area contributed by atoms with E-state index in [0.717, 1.165) is 9.87 Å². The summed E-state index contributed by atoms with van der Waals surface area (Å²) in [4.78, 5) is 39.3. The van der Waals surface area contributed by atoms with Crippen molar-refractivity contribution in [2.75, 3.05) is 13.2 Å². The lowest BCUT2D eigenvalue weighted by Gasteiger charge is -2.42. The van der Waals surface area contributed by atoms with Crippen LogP contribution in [0.25, 0.3) is 0 Å². The lowest BCUT2D eigenvalue weighted by Crippen LogP contribution is -2.68. The zero-order valence-electron chi connectivity index (χ0n) is 23.3. The summed E-state index contributed by atoms with van der Waals surface area (Å²) in [5, 5.41) is 11.4. The molecule has 0 aliphatic carbocycles. The van der Waals surface area contributed by atoms with Crippen molar-refractivity contribution in [3.63, 3.8) is 0 Å². The van der Waals surface area contributed by atoms with Crippen molar-refractivity contribution in [1.82, 2.24) is 4.31 Å². The Labute approximate surface area is 243 Å². The van der Waals surface area contributed by atoms with Crippen molar-refractivity contribution in [1.29, 1.82) is 0 Å². The monoisotopic (exact) mass is 594 g/mol. The number of benzene rings is 3. The number of nitro benzene ring substituents is 1. The van der Waals surface area contributed by atoms with Crippen molar-refractivity contribution in [3.05, 3.63) is 105 Å². The van der Waals surface area contributed by atoms with Gasteiger partial charge in [0.05, 0.1) is 35.7 Å². The second kappa shape index (κ2) is 10.9. The molecule has 220 valence electrons. The van der Waals surface area contributed by atoms with Crippen molar-refractivity contribution >= 4 is 27.6 Å². The first-order valence-corrected chi connectivity index (χ1v) is 14.9. The molecule has 2 aliphatic rings. The van der Waals surface area contributed by atoms with E-state index in [1.165, 1.54) is 36.4 Å². The van der Waals surface area contributed by atoms with Crippen LogP contribution < -0.4 is 0 Å². The fourth-order valence-corrected chi connectivity index (χ4v) is 7.90. The number of non-ortho nitro benzene ring substituents is 1. The molecule has 0 saturated carbocycles. The Morgan fingerprint density at radius 3 is 2.14 bits per heavy atom. The van der Waals surface area contributed by atoms with Gasteiger partial charge < -0.3 is 14.2 Å². The van der Waals surface area contributed by atoms with Crippen LogP contribution in [-0.4, -0.2) is 48.3 Å². The summed E-state index contributed by atoms with van der Waals surface area (Å²) in [5.41, 5.74) is -2.43. The second-order valence-corrected chi connectivity index (χ2v) is 11.9. The van der Waals surface area contributed by atoms with Crippen LogP contribution in [-0.2, 0) is 46.0 Å². The van der Waals surface area contributed by atoms with Crippen molar-refractivity contribution in [2.24, 2.45) is 0 Å². The lowest BCUT2D eigenvalue weighted by molar-refractivity contribution is -0.384. The molecule has 0 unspecified atom stereocenters. The van der Waals surface area contributed by atoms with Crippen LogP contribution in [0.15, 0.2) is 77.7 Å². The van der Waals surface area contributed by atoms with Crippen molar-refractivity contribution in [2.45, 2.75) is 55.9 Å². The Morgan fingerprint density at radius 1 is 0.976 bits per heavy atom. The predicted molar refractivity (Wildman–Crippen MR) is 150 cm³/mol. The maximum absolute atomic E-state index is 14.7. The van der Waals surface area contributed by atoms with Gasteiger partial charge in [-0.25, -0.2) is 18.0 Å². The number of fused-ring (bicyclic) bond motifs is 2. The highest BCUT2D eigenvalue weighted by molar-refractivity contribution is 7.89. The first kappa shape index (κ1) is 29.4. The summed E-state index contributed by atoms with van der Waals surface area (Å²) in [6.07, 6.45) is -0.176. The molecular formula is C30H30N2O9S. The Hall–Kier alpha value is -4.13. The quantitative estimate of drug-likeness (QED) is 0.161. The third-order valence-electron chi connectivity index (χ3n) is 7.81. The van der Waals surface area contributed by atoms with Gasteiger partial charge in [0.2, 0.25) is 10.0 Å². The molecule has 2 aliphatic heterocycles. The van der Waals surface area contributed by atoms with Crippen LogP contribution in [0.5, 0.6) is 0 Å². The predicted octanol–water partition coefficient (Wildman–Crippen LogP) is 4.33. The summed E-state index contributed by atoms with van der Waals surface area (Å²) < 4.78 is 47.7. The lowest BCUT2D eigenvalue weighted by atomic mass is 9.74. The van der Waals surface area contributed by atoms with Crippen LogP contribution >= 0.6 is 0 Å². The Morgan fingerprint density at radius 2 is 1.57 bits per heavy atom. The Balaban J connectivity index is 1.89. The smallest absolute Gasteiger partial charge is 0.342 e. The SMILES string of the molecule is CCOC(=O)C1(C(=O)OCC)N(S(=O)(=O)c2ccc(C)cc2)[C@H](c2ccc([N+](=O)[O-])cc2)C[C@@]12OCc1ccccc12. The van der Waals surface area contributed by atoms with Gasteiger partial charge in [-0.1, -0.05) is 54.1 Å². The van der Waals surface area contributed by atoms with Crippen LogP contribution in [0.1, 0.15) is 48.6 Å². The van der Waals surface area contributed by atoms with E-state index in [2.05, 4.69) is 0 Å². The van der Waals surface area contributed by atoms with Crippen LogP contribution in [0.4, 0.5) is 5.69 Å². The highest BCUT2D eigenvalue weighted by atomic mass is 32.2. The largest absolute Gasteiger partial charge is 0.464 e. The van der Waals surface area contributed by atoms with E-state index in [0.29, 0.717) is 16.7 Å². The van der Waals surface area contributed by atoms with E-state index in [1.807, 2.05) is 0 Å². The third kappa shape index (κ3) is 4.29. The van der Waals surface area contributed by atoms with E-state index in [4.69, 9.17) is 14.2 Å². The van der Waals surface area contributed by atoms with E-state index in [1.54, 1.807) is 57.2 Å². The fourth-order valence-electron chi connectivity index (χ4n) is 6.01. The first-order valence-electron chi connectivity index (χ1n) is 13.5. The molecule has 0 amide bonds. The summed E-state index contributed by atoms with van der Waals surface area (Å²) in [7, 11) is -4.66. The maximum Gasteiger partial charge on any atom is 0.342 e. The van der Waals surface area contributed by atoms with Gasteiger partial charge in [-0.15, -0.1) is 0 Å².